The van der Waals surface area contributed by atoms with Gasteiger partial charge in [-0.25, -0.2) is 4.79 Å². The number of nitrogens with one attached hydrogen (secondary N) is 1. The largest absolute Gasteiger partial charge is 0.481 e. The number of piperazine rings is 1. The lowest BCUT2D eigenvalue weighted by Gasteiger charge is -2.36. The van der Waals surface area contributed by atoms with Gasteiger partial charge in [0.1, 0.15) is 5.41 Å². The van der Waals surface area contributed by atoms with Crippen molar-refractivity contribution in [3.8, 4) is 0 Å². The van der Waals surface area contributed by atoms with E-state index in [1.165, 1.54) is 12.8 Å². The van der Waals surface area contributed by atoms with Crippen LogP contribution in [0.5, 0.6) is 0 Å². The summed E-state index contributed by atoms with van der Waals surface area (Å²) in [5, 5.41) is 12.2. The summed E-state index contributed by atoms with van der Waals surface area (Å²) >= 11 is 0. The van der Waals surface area contributed by atoms with Gasteiger partial charge in [0, 0.05) is 32.2 Å². The first-order chi connectivity index (χ1) is 10.0. The van der Waals surface area contributed by atoms with Crippen molar-refractivity contribution in [2.24, 2.45) is 5.41 Å². The first-order valence-electron chi connectivity index (χ1n) is 7.61. The summed E-state index contributed by atoms with van der Waals surface area (Å²) in [6.45, 7) is 5.27. The molecule has 2 atom stereocenters. The van der Waals surface area contributed by atoms with Crippen LogP contribution in [0.4, 0.5) is 4.79 Å². The standard InChI is InChI=1S/C14H23N3O4/c1-14(12(18)19)9-21-8-11(14)15-13(20)17-6-4-16(5-7-17)10-2-3-10/h10-11H,2-9H2,1H3,(H,15,20)(H,18,19). The number of rotatable bonds is 3. The highest BCUT2D eigenvalue weighted by Gasteiger charge is 2.47. The minimum atomic E-state index is -1.04. The van der Waals surface area contributed by atoms with E-state index in [9.17, 15) is 14.7 Å². The Bertz CT molecular complexity index is 432. The smallest absolute Gasteiger partial charge is 0.317 e. The molecule has 7 nitrogen and oxygen atoms in total. The van der Waals surface area contributed by atoms with Crippen LogP contribution in [0, 0.1) is 5.41 Å². The Hall–Kier alpha value is -1.34. The van der Waals surface area contributed by atoms with Crippen molar-refractivity contribution in [1.29, 1.82) is 0 Å². The first kappa shape index (κ1) is 14.6. The second kappa shape index (κ2) is 5.46. The molecular weight excluding hydrogens is 274 g/mol. The summed E-state index contributed by atoms with van der Waals surface area (Å²) in [6.07, 6.45) is 2.56. The fourth-order valence-corrected chi connectivity index (χ4v) is 3.06. The van der Waals surface area contributed by atoms with Gasteiger partial charge in [-0.05, 0) is 19.8 Å². The zero-order valence-corrected chi connectivity index (χ0v) is 12.4. The highest BCUT2D eigenvalue weighted by atomic mass is 16.5. The quantitative estimate of drug-likeness (QED) is 0.764. The van der Waals surface area contributed by atoms with Crippen LogP contribution < -0.4 is 5.32 Å². The summed E-state index contributed by atoms with van der Waals surface area (Å²) in [6, 6.07) is 0.0890. The average Bonchev–Trinajstić information content (AvgIpc) is 3.25. The Morgan fingerprint density at radius 3 is 2.48 bits per heavy atom. The van der Waals surface area contributed by atoms with Gasteiger partial charge in [-0.1, -0.05) is 0 Å². The summed E-state index contributed by atoms with van der Waals surface area (Å²) in [4.78, 5) is 27.9. The van der Waals surface area contributed by atoms with Crippen LogP contribution in [0.25, 0.3) is 0 Å². The minimum Gasteiger partial charge on any atom is -0.481 e. The molecule has 2 heterocycles. The second-order valence-corrected chi connectivity index (χ2v) is 6.49. The Morgan fingerprint density at radius 2 is 1.90 bits per heavy atom. The number of aliphatic carboxylic acids is 1. The number of nitrogens with zero attached hydrogens (tertiary/aromatic N) is 2. The normalized spacial score (nSPS) is 34.0. The topological polar surface area (TPSA) is 82.1 Å². The highest BCUT2D eigenvalue weighted by molar-refractivity contribution is 5.79. The van der Waals surface area contributed by atoms with Crippen molar-refractivity contribution in [2.75, 3.05) is 39.4 Å². The molecule has 1 saturated carbocycles. The van der Waals surface area contributed by atoms with Crippen molar-refractivity contribution in [1.82, 2.24) is 15.1 Å². The van der Waals surface area contributed by atoms with Gasteiger partial charge in [0.2, 0.25) is 0 Å². The molecule has 118 valence electrons. The van der Waals surface area contributed by atoms with E-state index < -0.39 is 17.4 Å². The number of carbonyl (C=O) groups is 2. The van der Waals surface area contributed by atoms with Crippen molar-refractivity contribution < 1.29 is 19.4 Å². The molecule has 0 spiro atoms. The minimum absolute atomic E-state index is 0.142. The number of hydrogen-bond acceptors (Lipinski definition) is 4. The summed E-state index contributed by atoms with van der Waals surface area (Å²) in [5.74, 6) is -0.927. The molecule has 2 unspecified atom stereocenters. The van der Waals surface area contributed by atoms with E-state index in [4.69, 9.17) is 4.74 Å². The number of hydrogen-bond donors (Lipinski definition) is 2. The van der Waals surface area contributed by atoms with Crippen LogP contribution in [0.1, 0.15) is 19.8 Å². The van der Waals surface area contributed by atoms with E-state index in [1.807, 2.05) is 0 Å². The van der Waals surface area contributed by atoms with Crippen molar-refractivity contribution >= 4 is 12.0 Å². The highest BCUT2D eigenvalue weighted by Crippen LogP contribution is 2.29. The van der Waals surface area contributed by atoms with Crippen LogP contribution in [0.3, 0.4) is 0 Å². The van der Waals surface area contributed by atoms with Crippen molar-refractivity contribution in [3.05, 3.63) is 0 Å². The third-order valence-electron chi connectivity index (χ3n) is 4.91. The van der Waals surface area contributed by atoms with Gasteiger partial charge in [0.05, 0.1) is 19.3 Å². The number of amides is 2. The molecule has 0 radical (unpaired) electrons. The SMILES string of the molecule is CC1(C(=O)O)COCC1NC(=O)N1CCN(C2CC2)CC1. The molecule has 7 heteroatoms. The molecule has 0 aromatic carbocycles. The van der Waals surface area contributed by atoms with Gasteiger partial charge < -0.3 is 20.1 Å². The predicted octanol–water partition coefficient (Wildman–Crippen LogP) is -0.0343. The molecule has 3 rings (SSSR count). The molecule has 2 N–H and O–H groups in total. The van der Waals surface area contributed by atoms with Crippen molar-refractivity contribution in [3.63, 3.8) is 0 Å². The van der Waals surface area contributed by atoms with Crippen LogP contribution in [0.2, 0.25) is 0 Å². The van der Waals surface area contributed by atoms with Gasteiger partial charge in [-0.3, -0.25) is 9.69 Å². The molecule has 3 aliphatic rings. The summed E-state index contributed by atoms with van der Waals surface area (Å²) < 4.78 is 5.26. The van der Waals surface area contributed by atoms with Gasteiger partial charge in [-0.2, -0.15) is 0 Å². The fraction of sp³-hybridized carbons (Fsp3) is 0.857. The van der Waals surface area contributed by atoms with Gasteiger partial charge in [-0.15, -0.1) is 0 Å². The fourth-order valence-electron chi connectivity index (χ4n) is 3.06. The summed E-state index contributed by atoms with van der Waals surface area (Å²) in [5.41, 5.74) is -1.04. The van der Waals surface area contributed by atoms with Gasteiger partial charge in [0.25, 0.3) is 0 Å². The number of urea groups is 1. The number of carboxylic acid groups (broad SMARTS) is 1. The maximum atomic E-state index is 12.3. The average molecular weight is 297 g/mol. The van der Waals surface area contributed by atoms with Gasteiger partial charge >= 0.3 is 12.0 Å². The monoisotopic (exact) mass is 297 g/mol. The molecule has 0 aromatic rings. The van der Waals surface area contributed by atoms with Crippen molar-refractivity contribution in [2.45, 2.75) is 31.8 Å². The molecule has 1 aliphatic carbocycles. The van der Waals surface area contributed by atoms with Crippen LogP contribution in [-0.4, -0.2) is 78.4 Å². The number of carbonyl (C=O) groups excluding carboxylic acids is 1. The van der Waals surface area contributed by atoms with Crippen LogP contribution >= 0.6 is 0 Å². The maximum absolute atomic E-state index is 12.3. The Morgan fingerprint density at radius 1 is 1.24 bits per heavy atom. The third kappa shape index (κ3) is 2.85. The van der Waals surface area contributed by atoms with E-state index in [0.29, 0.717) is 13.1 Å². The molecule has 2 saturated heterocycles. The lowest BCUT2D eigenvalue weighted by atomic mass is 9.85. The molecule has 21 heavy (non-hydrogen) atoms. The molecule has 3 fully saturated rings. The van der Waals surface area contributed by atoms with E-state index in [2.05, 4.69) is 10.2 Å². The predicted molar refractivity (Wildman–Crippen MR) is 75.0 cm³/mol. The number of carboxylic acids is 1. The molecule has 0 bridgehead atoms. The van der Waals surface area contributed by atoms with E-state index in [-0.39, 0.29) is 19.2 Å². The van der Waals surface area contributed by atoms with E-state index in [0.717, 1.165) is 19.1 Å². The zero-order chi connectivity index (χ0) is 15.0. The third-order valence-corrected chi connectivity index (χ3v) is 4.91. The Balaban J connectivity index is 1.53. The number of ether oxygens (including phenoxy) is 1. The second-order valence-electron chi connectivity index (χ2n) is 6.49. The van der Waals surface area contributed by atoms with Crippen LogP contribution in [-0.2, 0) is 9.53 Å². The lowest BCUT2D eigenvalue weighted by molar-refractivity contribution is -0.148. The zero-order valence-electron chi connectivity index (χ0n) is 12.4. The molecule has 2 amide bonds. The Kier molecular flexibility index (Phi) is 3.79. The first-order valence-corrected chi connectivity index (χ1v) is 7.61. The molecule has 2 aliphatic heterocycles. The summed E-state index contributed by atoms with van der Waals surface area (Å²) in [7, 11) is 0. The van der Waals surface area contributed by atoms with Crippen LogP contribution in [0.15, 0.2) is 0 Å². The maximum Gasteiger partial charge on any atom is 0.317 e. The lowest BCUT2D eigenvalue weighted by Crippen LogP contribution is -2.57. The van der Waals surface area contributed by atoms with Gasteiger partial charge in [0.15, 0.2) is 0 Å². The van der Waals surface area contributed by atoms with E-state index in [1.54, 1.807) is 11.8 Å². The molecule has 0 aromatic heterocycles. The molecular formula is C14H23N3O4. The van der Waals surface area contributed by atoms with E-state index >= 15 is 0 Å². The Labute approximate surface area is 124 Å².